The van der Waals surface area contributed by atoms with Crippen molar-refractivity contribution in [3.63, 3.8) is 0 Å². The summed E-state index contributed by atoms with van der Waals surface area (Å²) in [7, 11) is 0. The Morgan fingerprint density at radius 2 is 1.95 bits per heavy atom. The number of alkyl halides is 3. The van der Waals surface area contributed by atoms with Gasteiger partial charge in [0.15, 0.2) is 0 Å². The second-order valence-electron chi connectivity index (χ2n) is 4.50. The van der Waals surface area contributed by atoms with Crippen LogP contribution in [0.15, 0.2) is 18.2 Å². The number of carbonyl (C=O) groups excluding carboxylic acids is 1. The fourth-order valence-corrected chi connectivity index (χ4v) is 1.59. The van der Waals surface area contributed by atoms with Gasteiger partial charge in [-0.3, -0.25) is 9.59 Å². The normalized spacial score (nSPS) is 12.8. The smallest absolute Gasteiger partial charge is 0.416 e. The maximum atomic E-state index is 13.5. The summed E-state index contributed by atoms with van der Waals surface area (Å²) in [5.41, 5.74) is -1.86. The van der Waals surface area contributed by atoms with Crippen molar-refractivity contribution >= 4 is 11.9 Å². The number of hydrogen-bond donors (Lipinski definition) is 2. The largest absolute Gasteiger partial charge is 0.481 e. The van der Waals surface area contributed by atoms with Crippen LogP contribution >= 0.6 is 0 Å². The van der Waals surface area contributed by atoms with E-state index in [9.17, 15) is 27.2 Å². The third-order valence-electron chi connectivity index (χ3n) is 2.71. The van der Waals surface area contributed by atoms with Gasteiger partial charge >= 0.3 is 12.1 Å². The fourth-order valence-electron chi connectivity index (χ4n) is 1.59. The summed E-state index contributed by atoms with van der Waals surface area (Å²) in [4.78, 5) is 22.1. The topological polar surface area (TPSA) is 66.4 Å². The maximum absolute atomic E-state index is 13.5. The molecule has 0 bridgehead atoms. The number of carboxylic acids is 1. The molecule has 1 amide bonds. The Morgan fingerprint density at radius 1 is 1.33 bits per heavy atom. The molecule has 1 unspecified atom stereocenters. The van der Waals surface area contributed by atoms with Gasteiger partial charge in [-0.25, -0.2) is 4.39 Å². The van der Waals surface area contributed by atoms with Crippen molar-refractivity contribution in [1.82, 2.24) is 5.32 Å². The van der Waals surface area contributed by atoms with Crippen molar-refractivity contribution in [2.45, 2.75) is 32.0 Å². The Kier molecular flexibility index (Phi) is 5.28. The van der Waals surface area contributed by atoms with Crippen LogP contribution in [0.2, 0.25) is 0 Å². The highest BCUT2D eigenvalue weighted by atomic mass is 19.4. The molecule has 0 aliphatic carbocycles. The van der Waals surface area contributed by atoms with Crippen LogP contribution in [-0.2, 0) is 11.0 Å². The molecule has 0 aliphatic rings. The standard InChI is InChI=1S/C13H13F4NO3/c1-7(2-5-11(19)20)18-12(21)9-6-8(13(15,16)17)3-4-10(9)14/h3-4,6-7H,2,5H2,1H3,(H,18,21)(H,19,20). The molecule has 0 saturated heterocycles. The minimum atomic E-state index is -4.68. The van der Waals surface area contributed by atoms with Crippen molar-refractivity contribution in [1.29, 1.82) is 0 Å². The van der Waals surface area contributed by atoms with Gasteiger partial charge in [-0.1, -0.05) is 0 Å². The van der Waals surface area contributed by atoms with Gasteiger partial charge in [-0.2, -0.15) is 13.2 Å². The van der Waals surface area contributed by atoms with E-state index in [4.69, 9.17) is 5.11 Å². The molecular weight excluding hydrogens is 294 g/mol. The Bertz CT molecular complexity index is 543. The minimum Gasteiger partial charge on any atom is -0.481 e. The summed E-state index contributed by atoms with van der Waals surface area (Å²) >= 11 is 0. The summed E-state index contributed by atoms with van der Waals surface area (Å²) in [6, 6.07) is 0.927. The van der Waals surface area contributed by atoms with E-state index in [2.05, 4.69) is 5.32 Å². The lowest BCUT2D eigenvalue weighted by Crippen LogP contribution is -2.33. The summed E-state index contributed by atoms with van der Waals surface area (Å²) in [6.07, 6.45) is -4.81. The molecule has 0 fully saturated rings. The Morgan fingerprint density at radius 3 is 2.48 bits per heavy atom. The van der Waals surface area contributed by atoms with Gasteiger partial charge in [-0.15, -0.1) is 0 Å². The first-order valence-corrected chi connectivity index (χ1v) is 6.00. The van der Waals surface area contributed by atoms with E-state index in [-0.39, 0.29) is 12.8 Å². The lowest BCUT2D eigenvalue weighted by Gasteiger charge is -2.14. The number of carboxylic acid groups (broad SMARTS) is 1. The van der Waals surface area contributed by atoms with Crippen LogP contribution < -0.4 is 5.32 Å². The molecule has 0 aromatic heterocycles. The number of amides is 1. The summed E-state index contributed by atoms with van der Waals surface area (Å²) in [5.74, 6) is -3.16. The van der Waals surface area contributed by atoms with E-state index < -0.39 is 41.0 Å². The zero-order valence-corrected chi connectivity index (χ0v) is 11.0. The highest BCUT2D eigenvalue weighted by molar-refractivity contribution is 5.94. The second kappa shape index (κ2) is 6.55. The highest BCUT2D eigenvalue weighted by Gasteiger charge is 2.32. The Balaban J connectivity index is 2.84. The zero-order chi connectivity index (χ0) is 16.2. The highest BCUT2D eigenvalue weighted by Crippen LogP contribution is 2.30. The van der Waals surface area contributed by atoms with Crippen molar-refractivity contribution in [2.24, 2.45) is 0 Å². The molecular formula is C13H13F4NO3. The average molecular weight is 307 g/mol. The number of nitrogens with one attached hydrogen (secondary N) is 1. The van der Waals surface area contributed by atoms with E-state index in [1.54, 1.807) is 0 Å². The molecule has 1 aromatic carbocycles. The van der Waals surface area contributed by atoms with Gasteiger partial charge in [0.2, 0.25) is 0 Å². The minimum absolute atomic E-state index is 0.0850. The third kappa shape index (κ3) is 5.05. The molecule has 0 aliphatic heterocycles. The molecule has 0 radical (unpaired) electrons. The number of aliphatic carboxylic acids is 1. The number of carbonyl (C=O) groups is 2. The van der Waals surface area contributed by atoms with Crippen molar-refractivity contribution in [3.05, 3.63) is 35.1 Å². The lowest BCUT2D eigenvalue weighted by molar-refractivity contribution is -0.138. The molecule has 0 spiro atoms. The van der Waals surface area contributed by atoms with Gasteiger partial charge in [0, 0.05) is 12.5 Å². The van der Waals surface area contributed by atoms with Gasteiger partial charge < -0.3 is 10.4 Å². The van der Waals surface area contributed by atoms with Crippen LogP contribution in [0.5, 0.6) is 0 Å². The van der Waals surface area contributed by atoms with Crippen LogP contribution in [0.4, 0.5) is 17.6 Å². The first-order chi connectivity index (χ1) is 9.61. The van der Waals surface area contributed by atoms with Crippen molar-refractivity contribution in [3.8, 4) is 0 Å². The first kappa shape index (κ1) is 16.9. The van der Waals surface area contributed by atoms with E-state index in [1.807, 2.05) is 0 Å². The predicted octanol–water partition coefficient (Wildman–Crippen LogP) is 2.83. The molecule has 8 heteroatoms. The molecule has 1 rings (SSSR count). The second-order valence-corrected chi connectivity index (χ2v) is 4.50. The van der Waals surface area contributed by atoms with Crippen LogP contribution in [0.3, 0.4) is 0 Å². The molecule has 1 aromatic rings. The third-order valence-corrected chi connectivity index (χ3v) is 2.71. The lowest BCUT2D eigenvalue weighted by atomic mass is 10.1. The van der Waals surface area contributed by atoms with Crippen molar-refractivity contribution in [2.75, 3.05) is 0 Å². The van der Waals surface area contributed by atoms with E-state index >= 15 is 0 Å². The van der Waals surface area contributed by atoms with Crippen LogP contribution in [0.1, 0.15) is 35.7 Å². The van der Waals surface area contributed by atoms with E-state index in [1.165, 1.54) is 6.92 Å². The van der Waals surface area contributed by atoms with Crippen molar-refractivity contribution < 1.29 is 32.3 Å². The predicted molar refractivity (Wildman–Crippen MR) is 65.2 cm³/mol. The number of halogens is 4. The molecule has 116 valence electrons. The molecule has 2 N–H and O–H groups in total. The summed E-state index contributed by atoms with van der Waals surface area (Å²) < 4.78 is 51.0. The van der Waals surface area contributed by atoms with E-state index in [0.29, 0.717) is 18.2 Å². The molecule has 21 heavy (non-hydrogen) atoms. The summed E-state index contributed by atoms with van der Waals surface area (Å²) in [5, 5.41) is 10.7. The first-order valence-electron chi connectivity index (χ1n) is 6.00. The van der Waals surface area contributed by atoms with Gasteiger partial charge in [0.1, 0.15) is 5.82 Å². The number of benzene rings is 1. The van der Waals surface area contributed by atoms with Crippen LogP contribution in [-0.4, -0.2) is 23.0 Å². The average Bonchev–Trinajstić information content (AvgIpc) is 2.35. The maximum Gasteiger partial charge on any atom is 0.416 e. The van der Waals surface area contributed by atoms with E-state index in [0.717, 1.165) is 0 Å². The number of hydrogen-bond acceptors (Lipinski definition) is 2. The number of rotatable bonds is 5. The SMILES string of the molecule is CC(CCC(=O)O)NC(=O)c1cc(C(F)(F)F)ccc1F. The Hall–Kier alpha value is -2.12. The molecule has 0 saturated carbocycles. The monoisotopic (exact) mass is 307 g/mol. The quantitative estimate of drug-likeness (QED) is 0.822. The fraction of sp³-hybridized carbons (Fsp3) is 0.385. The molecule has 1 atom stereocenters. The summed E-state index contributed by atoms with van der Waals surface area (Å²) in [6.45, 7) is 1.48. The van der Waals surface area contributed by atoms with Gasteiger partial charge in [0.25, 0.3) is 5.91 Å². The Labute approximate surface area is 117 Å². The molecule has 4 nitrogen and oxygen atoms in total. The zero-order valence-electron chi connectivity index (χ0n) is 11.0. The van der Waals surface area contributed by atoms with Gasteiger partial charge in [0.05, 0.1) is 11.1 Å². The van der Waals surface area contributed by atoms with Gasteiger partial charge in [-0.05, 0) is 31.5 Å². The van der Waals surface area contributed by atoms with Crippen LogP contribution in [0, 0.1) is 5.82 Å². The van der Waals surface area contributed by atoms with Crippen LogP contribution in [0.25, 0.3) is 0 Å². The molecule has 0 heterocycles.